The van der Waals surface area contributed by atoms with Crippen LogP contribution in [0.25, 0.3) is 0 Å². The van der Waals surface area contributed by atoms with Crippen molar-refractivity contribution in [3.8, 4) is 0 Å². The highest BCUT2D eigenvalue weighted by Crippen LogP contribution is 2.05. The highest BCUT2D eigenvalue weighted by Gasteiger charge is 2.18. The second kappa shape index (κ2) is 23.4. The van der Waals surface area contributed by atoms with Gasteiger partial charge in [0.1, 0.15) is 10.1 Å². The van der Waals surface area contributed by atoms with Crippen molar-refractivity contribution >= 4 is 22.1 Å². The van der Waals surface area contributed by atoms with Gasteiger partial charge in [-0.2, -0.15) is 0 Å². The first-order valence-corrected chi connectivity index (χ1v) is 16.4. The Morgan fingerprint density at radius 3 is 0.718 bits per heavy atom. The molecule has 0 fully saturated rings. The number of carboxylic acids is 2. The van der Waals surface area contributed by atoms with E-state index >= 15 is 0 Å². The number of quaternary nitrogens is 3. The van der Waals surface area contributed by atoms with Crippen molar-refractivity contribution in [2.75, 3.05) is 78.5 Å². The van der Waals surface area contributed by atoms with Crippen LogP contribution in [0.2, 0.25) is 0 Å². The first kappa shape index (κ1) is 44.7. The molecule has 0 aromatic heterocycles. The van der Waals surface area contributed by atoms with Crippen LogP contribution in [0.3, 0.4) is 0 Å². The Morgan fingerprint density at radius 1 is 0.513 bits per heavy atom. The van der Waals surface area contributed by atoms with E-state index in [9.17, 15) is 32.8 Å². The second-order valence-corrected chi connectivity index (χ2v) is 11.3. The van der Waals surface area contributed by atoms with Gasteiger partial charge in [-0.05, 0) is 83.1 Å². The fraction of sp³-hybridized carbons (Fsp3) is 0.929. The Balaban J connectivity index is -0.000000211. The van der Waals surface area contributed by atoms with Crippen LogP contribution in [0.4, 0.5) is 0 Å². The van der Waals surface area contributed by atoms with E-state index in [4.69, 9.17) is 0 Å². The van der Waals surface area contributed by atoms with Crippen molar-refractivity contribution < 1.29 is 46.2 Å². The van der Waals surface area contributed by atoms with Crippen molar-refractivity contribution in [3.63, 3.8) is 0 Å². The third kappa shape index (κ3) is 18.7. The summed E-state index contributed by atoms with van der Waals surface area (Å²) >= 11 is 0. The van der Waals surface area contributed by atoms with E-state index in [1.54, 1.807) is 0 Å². The number of carbonyl (C=O) groups is 2. The zero-order valence-corrected chi connectivity index (χ0v) is 28.2. The molecular weight excluding hydrogens is 522 g/mol. The maximum Gasteiger partial charge on any atom is 0.103 e. The van der Waals surface area contributed by atoms with Crippen LogP contribution >= 0.6 is 0 Å². The minimum absolute atomic E-state index is 1.28. The summed E-state index contributed by atoms with van der Waals surface area (Å²) in [4.78, 5) is 19.7. The Hall–Kier alpha value is -1.27. The van der Waals surface area contributed by atoms with Crippen molar-refractivity contribution in [3.05, 3.63) is 0 Å². The lowest BCUT2D eigenvalue weighted by Gasteiger charge is -2.34. The summed E-state index contributed by atoms with van der Waals surface area (Å²) in [5.74, 6) is -4.18. The summed E-state index contributed by atoms with van der Waals surface area (Å²) < 4.78 is 34.0. The minimum atomic E-state index is -5.19. The molecule has 0 radical (unpaired) electrons. The first-order chi connectivity index (χ1) is 18.0. The molecule has 0 rings (SSSR count). The summed E-state index contributed by atoms with van der Waals surface area (Å²) in [5, 5.41) is 17.1. The van der Waals surface area contributed by atoms with Crippen LogP contribution in [-0.2, 0) is 19.7 Å². The Labute approximate surface area is 241 Å². The molecule has 0 amide bonds. The van der Waals surface area contributed by atoms with E-state index in [2.05, 4.69) is 83.1 Å². The van der Waals surface area contributed by atoms with Gasteiger partial charge in [-0.25, -0.2) is 8.42 Å². The van der Waals surface area contributed by atoms with E-state index in [0.29, 0.717) is 0 Å². The number of carboxylic acid groups (broad SMARTS) is 2. The van der Waals surface area contributed by atoms with Crippen molar-refractivity contribution in [2.45, 2.75) is 94.8 Å². The van der Waals surface area contributed by atoms with E-state index in [0.717, 1.165) is 0 Å². The summed E-state index contributed by atoms with van der Waals surface area (Å²) in [7, 11) is -5.19. The van der Waals surface area contributed by atoms with E-state index in [1.807, 2.05) is 0 Å². The van der Waals surface area contributed by atoms with Gasteiger partial charge >= 0.3 is 0 Å². The molecule has 0 saturated carbocycles. The number of nitrogens with zero attached hydrogens (tertiary/aromatic N) is 3. The average Bonchev–Trinajstić information content (AvgIpc) is 2.92. The van der Waals surface area contributed by atoms with E-state index < -0.39 is 33.7 Å². The fourth-order valence-corrected chi connectivity index (χ4v) is 5.06. The van der Waals surface area contributed by atoms with Gasteiger partial charge < -0.3 is 37.8 Å². The highest BCUT2D eigenvalue weighted by atomic mass is 32.2. The molecule has 0 saturated heterocycles. The van der Waals surface area contributed by atoms with E-state index in [1.165, 1.54) is 92.0 Å². The molecule has 0 aliphatic carbocycles. The first-order valence-electron chi connectivity index (χ1n) is 14.9. The smallest absolute Gasteiger partial charge is 0.103 e. The van der Waals surface area contributed by atoms with Gasteiger partial charge in [0.05, 0.1) is 89.8 Å². The molecule has 0 aliphatic heterocycles. The van der Waals surface area contributed by atoms with Gasteiger partial charge in [-0.3, -0.25) is 0 Å². The predicted molar refractivity (Wildman–Crippen MR) is 155 cm³/mol. The zero-order valence-electron chi connectivity index (χ0n) is 27.4. The lowest BCUT2D eigenvalue weighted by Crippen LogP contribution is -2.47. The van der Waals surface area contributed by atoms with Gasteiger partial charge in [-0.15, -0.1) is 0 Å². The third-order valence-electron chi connectivity index (χ3n) is 9.01. The molecule has 0 spiro atoms. The van der Waals surface area contributed by atoms with E-state index in [-0.39, 0.29) is 0 Å². The van der Waals surface area contributed by atoms with Crippen LogP contribution < -0.4 is 10.2 Å². The standard InChI is InChI=1S/3C8H20N.C4H6O7S/c3*1-5-9(6-2,7-3)8-4;5-3(6)1-2(4(7)8)12(9,10)11/h3*5-8H2,1-4H3;2H,1H2,(H,5,6)(H,7,8)(H,9,10,11)/q3*+1;/p-3. The lowest BCUT2D eigenvalue weighted by atomic mass is 10.3. The molecule has 0 bridgehead atoms. The molecule has 0 N–H and O–H groups in total. The SMILES string of the molecule is CC[N+](CC)(CC)CC.CC[N+](CC)(CC)CC.CC[N+](CC)(CC)CC.O=C([O-])CC(C(=O)[O-])S(=O)(=O)[O-]. The van der Waals surface area contributed by atoms with Gasteiger partial charge in [0, 0.05) is 12.4 Å². The molecule has 11 heteroatoms. The van der Waals surface area contributed by atoms with Crippen LogP contribution in [0.15, 0.2) is 0 Å². The Kier molecular flexibility index (Phi) is 26.9. The molecule has 1 unspecified atom stereocenters. The van der Waals surface area contributed by atoms with Crippen molar-refractivity contribution in [2.24, 2.45) is 0 Å². The predicted octanol–water partition coefficient (Wildman–Crippen LogP) is 1.44. The Morgan fingerprint density at radius 2 is 0.692 bits per heavy atom. The number of rotatable bonds is 16. The number of hydrogen-bond donors (Lipinski definition) is 0. The molecule has 0 heterocycles. The summed E-state index contributed by atoms with van der Waals surface area (Å²) in [5.41, 5.74) is 0. The molecule has 0 aliphatic rings. The van der Waals surface area contributed by atoms with Crippen molar-refractivity contribution in [1.29, 1.82) is 0 Å². The van der Waals surface area contributed by atoms with Crippen LogP contribution in [0.1, 0.15) is 89.5 Å². The van der Waals surface area contributed by atoms with Crippen molar-refractivity contribution in [1.82, 2.24) is 0 Å². The number of hydrogen-bond acceptors (Lipinski definition) is 7. The lowest BCUT2D eigenvalue weighted by molar-refractivity contribution is -0.921. The minimum Gasteiger partial charge on any atom is -0.747 e. The summed E-state index contributed by atoms with van der Waals surface area (Å²) in [6.45, 7) is 42.7. The number of carbonyl (C=O) groups excluding carboxylic acids is 2. The molecule has 238 valence electrons. The van der Waals surface area contributed by atoms with Gasteiger partial charge in [-0.1, -0.05) is 0 Å². The molecule has 10 nitrogen and oxygen atoms in total. The van der Waals surface area contributed by atoms with Gasteiger partial charge in [0.25, 0.3) is 0 Å². The summed E-state index contributed by atoms with van der Waals surface area (Å²) in [6, 6.07) is 0. The highest BCUT2D eigenvalue weighted by molar-refractivity contribution is 7.87. The normalized spacial score (nSPS) is 12.5. The van der Waals surface area contributed by atoms with Gasteiger partial charge in [0.15, 0.2) is 0 Å². The maximum atomic E-state index is 10.0. The zero-order chi connectivity index (χ0) is 31.9. The fourth-order valence-electron chi connectivity index (χ4n) is 4.48. The monoisotopic (exact) mass is 585 g/mol. The Bertz CT molecular complexity index is 619. The molecule has 39 heavy (non-hydrogen) atoms. The second-order valence-electron chi connectivity index (χ2n) is 9.70. The quantitative estimate of drug-likeness (QED) is 0.197. The number of aliphatic carboxylic acids is 2. The average molecular weight is 586 g/mol. The molecule has 1 atom stereocenters. The van der Waals surface area contributed by atoms with Crippen LogP contribution in [0.5, 0.6) is 0 Å². The van der Waals surface area contributed by atoms with Gasteiger partial charge in [0.2, 0.25) is 0 Å². The third-order valence-corrected chi connectivity index (χ3v) is 10.1. The largest absolute Gasteiger partial charge is 0.747 e. The molecule has 0 aromatic carbocycles. The molecular formula is C28H63N3O7S. The molecule has 0 aromatic rings. The topological polar surface area (TPSA) is 137 Å². The van der Waals surface area contributed by atoms with Crippen LogP contribution in [0, 0.1) is 0 Å². The summed E-state index contributed by atoms with van der Waals surface area (Å²) in [6.07, 6.45) is -1.39. The maximum absolute atomic E-state index is 10.0. The van der Waals surface area contributed by atoms with Crippen LogP contribution in [-0.4, -0.2) is 122 Å².